The van der Waals surface area contributed by atoms with Gasteiger partial charge in [0, 0.05) is 24.5 Å². The third-order valence-electron chi connectivity index (χ3n) is 4.36. The normalized spacial score (nSPS) is 13.5. The van der Waals surface area contributed by atoms with Crippen LogP contribution in [0.5, 0.6) is 0 Å². The summed E-state index contributed by atoms with van der Waals surface area (Å²) in [6.45, 7) is 1.16. The van der Waals surface area contributed by atoms with Gasteiger partial charge in [0.25, 0.3) is 0 Å². The number of nitrogens with zero attached hydrogens (tertiary/aromatic N) is 1. The standard InChI is InChI=1S/C19H18ClNO3/c20-17-6-1-13(2-7-17)3-8-18(22)21-10-9-14-4-5-15(19(23)24)11-16(14)12-21/h1-2,4-7,11H,3,8-10,12H2,(H,23,24). The molecule has 1 N–H and O–H groups in total. The first-order chi connectivity index (χ1) is 11.5. The molecule has 0 aromatic heterocycles. The van der Waals surface area contributed by atoms with Gasteiger partial charge in [-0.05, 0) is 53.8 Å². The molecule has 0 radical (unpaired) electrons. The van der Waals surface area contributed by atoms with E-state index in [0.717, 1.165) is 23.1 Å². The van der Waals surface area contributed by atoms with E-state index in [4.69, 9.17) is 16.7 Å². The molecule has 1 amide bonds. The van der Waals surface area contributed by atoms with Gasteiger partial charge in [0.05, 0.1) is 5.56 Å². The average molecular weight is 344 g/mol. The van der Waals surface area contributed by atoms with Gasteiger partial charge in [-0.25, -0.2) is 4.79 Å². The number of carbonyl (C=O) groups is 2. The van der Waals surface area contributed by atoms with Gasteiger partial charge in [0.15, 0.2) is 0 Å². The van der Waals surface area contributed by atoms with Crippen molar-refractivity contribution in [1.82, 2.24) is 4.90 Å². The molecule has 0 spiro atoms. The van der Waals surface area contributed by atoms with Crippen LogP contribution in [0.4, 0.5) is 0 Å². The van der Waals surface area contributed by atoms with Crippen LogP contribution in [0.25, 0.3) is 0 Å². The molecular weight excluding hydrogens is 326 g/mol. The van der Waals surface area contributed by atoms with Crippen LogP contribution in [0.15, 0.2) is 42.5 Å². The molecule has 0 aliphatic carbocycles. The first kappa shape index (κ1) is 16.5. The maximum atomic E-state index is 12.5. The zero-order valence-electron chi connectivity index (χ0n) is 13.2. The predicted octanol–water partition coefficient (Wildman–Crippen LogP) is 3.56. The van der Waals surface area contributed by atoms with E-state index in [1.54, 1.807) is 12.1 Å². The minimum absolute atomic E-state index is 0.0938. The van der Waals surface area contributed by atoms with Crippen LogP contribution in [-0.4, -0.2) is 28.4 Å². The molecule has 2 aromatic rings. The van der Waals surface area contributed by atoms with Gasteiger partial charge in [0.2, 0.25) is 5.91 Å². The van der Waals surface area contributed by atoms with E-state index in [9.17, 15) is 9.59 Å². The molecule has 4 nitrogen and oxygen atoms in total. The molecule has 0 atom stereocenters. The van der Waals surface area contributed by atoms with Gasteiger partial charge in [-0.2, -0.15) is 0 Å². The lowest BCUT2D eigenvalue weighted by molar-refractivity contribution is -0.132. The minimum atomic E-state index is -0.941. The lowest BCUT2D eigenvalue weighted by atomic mass is 9.97. The lowest BCUT2D eigenvalue weighted by Gasteiger charge is -2.29. The van der Waals surface area contributed by atoms with E-state index >= 15 is 0 Å². The van der Waals surface area contributed by atoms with E-state index < -0.39 is 5.97 Å². The van der Waals surface area contributed by atoms with Crippen molar-refractivity contribution in [3.8, 4) is 0 Å². The fourth-order valence-electron chi connectivity index (χ4n) is 2.96. The Morgan fingerprint density at radius 2 is 1.83 bits per heavy atom. The Labute approximate surface area is 145 Å². The summed E-state index contributed by atoms with van der Waals surface area (Å²) in [5.74, 6) is -0.847. The van der Waals surface area contributed by atoms with Gasteiger partial charge in [-0.1, -0.05) is 29.8 Å². The first-order valence-corrected chi connectivity index (χ1v) is 8.28. The van der Waals surface area contributed by atoms with E-state index in [2.05, 4.69) is 0 Å². The van der Waals surface area contributed by atoms with Crippen molar-refractivity contribution >= 4 is 23.5 Å². The van der Waals surface area contributed by atoms with Gasteiger partial charge >= 0.3 is 5.97 Å². The minimum Gasteiger partial charge on any atom is -0.478 e. The number of amides is 1. The highest BCUT2D eigenvalue weighted by Crippen LogP contribution is 2.21. The summed E-state index contributed by atoms with van der Waals surface area (Å²) in [7, 11) is 0. The third kappa shape index (κ3) is 3.77. The number of halogens is 1. The SMILES string of the molecule is O=C(O)c1ccc2c(c1)CN(C(=O)CCc1ccc(Cl)cc1)CC2. The quantitative estimate of drug-likeness (QED) is 0.923. The topological polar surface area (TPSA) is 57.6 Å². The number of rotatable bonds is 4. The maximum Gasteiger partial charge on any atom is 0.335 e. The molecule has 1 heterocycles. The largest absolute Gasteiger partial charge is 0.478 e. The molecule has 3 rings (SSSR count). The number of carbonyl (C=O) groups excluding carboxylic acids is 1. The van der Waals surface area contributed by atoms with Gasteiger partial charge in [-0.3, -0.25) is 4.79 Å². The molecule has 0 unspecified atom stereocenters. The maximum absolute atomic E-state index is 12.5. The number of benzene rings is 2. The number of fused-ring (bicyclic) bond motifs is 1. The van der Waals surface area contributed by atoms with Crippen LogP contribution in [0.1, 0.15) is 33.5 Å². The Morgan fingerprint density at radius 3 is 2.54 bits per heavy atom. The Hall–Kier alpha value is -2.33. The highest BCUT2D eigenvalue weighted by Gasteiger charge is 2.21. The van der Waals surface area contributed by atoms with E-state index in [0.29, 0.717) is 31.0 Å². The number of carboxylic acids is 1. The molecule has 5 heteroatoms. The molecule has 1 aliphatic rings. The van der Waals surface area contributed by atoms with Crippen molar-refractivity contribution in [2.75, 3.05) is 6.54 Å². The zero-order valence-corrected chi connectivity index (χ0v) is 13.9. The zero-order chi connectivity index (χ0) is 17.1. The van der Waals surface area contributed by atoms with Gasteiger partial charge in [0.1, 0.15) is 0 Å². The summed E-state index contributed by atoms with van der Waals surface area (Å²) in [4.78, 5) is 25.4. The van der Waals surface area contributed by atoms with E-state index in [1.165, 1.54) is 0 Å². The molecule has 124 valence electrons. The lowest BCUT2D eigenvalue weighted by Crippen LogP contribution is -2.36. The number of aromatic carboxylic acids is 1. The van der Waals surface area contributed by atoms with Crippen LogP contribution in [-0.2, 0) is 24.2 Å². The van der Waals surface area contributed by atoms with Crippen molar-refractivity contribution in [2.45, 2.75) is 25.8 Å². The van der Waals surface area contributed by atoms with Gasteiger partial charge in [-0.15, -0.1) is 0 Å². The van der Waals surface area contributed by atoms with Crippen LogP contribution in [0.2, 0.25) is 5.02 Å². The Bertz CT molecular complexity index is 771. The summed E-state index contributed by atoms with van der Waals surface area (Å²) in [5.41, 5.74) is 3.41. The molecule has 2 aromatic carbocycles. The van der Waals surface area contributed by atoms with Crippen LogP contribution in [0, 0.1) is 0 Å². The predicted molar refractivity (Wildman–Crippen MR) is 92.3 cm³/mol. The molecule has 0 saturated carbocycles. The molecular formula is C19H18ClNO3. The summed E-state index contributed by atoms with van der Waals surface area (Å²) >= 11 is 5.86. The summed E-state index contributed by atoms with van der Waals surface area (Å²) in [6, 6.07) is 12.7. The number of carboxylic acid groups (broad SMARTS) is 1. The van der Waals surface area contributed by atoms with Crippen molar-refractivity contribution in [3.05, 3.63) is 69.7 Å². The number of hydrogen-bond acceptors (Lipinski definition) is 2. The Kier molecular flexibility index (Phi) is 4.86. The Morgan fingerprint density at radius 1 is 1.08 bits per heavy atom. The van der Waals surface area contributed by atoms with Crippen molar-refractivity contribution < 1.29 is 14.7 Å². The Balaban J connectivity index is 1.63. The van der Waals surface area contributed by atoms with Gasteiger partial charge < -0.3 is 10.0 Å². The first-order valence-electron chi connectivity index (χ1n) is 7.90. The molecule has 0 fully saturated rings. The average Bonchev–Trinajstić information content (AvgIpc) is 2.60. The number of hydrogen-bond donors (Lipinski definition) is 1. The van der Waals surface area contributed by atoms with Crippen LogP contribution < -0.4 is 0 Å². The van der Waals surface area contributed by atoms with Crippen molar-refractivity contribution in [2.24, 2.45) is 0 Å². The summed E-state index contributed by atoms with van der Waals surface area (Å²) in [5, 5.41) is 9.79. The fraction of sp³-hybridized carbons (Fsp3) is 0.263. The highest BCUT2D eigenvalue weighted by molar-refractivity contribution is 6.30. The molecule has 0 bridgehead atoms. The fourth-order valence-corrected chi connectivity index (χ4v) is 3.09. The van der Waals surface area contributed by atoms with Crippen molar-refractivity contribution in [3.63, 3.8) is 0 Å². The molecule has 24 heavy (non-hydrogen) atoms. The van der Waals surface area contributed by atoms with E-state index in [-0.39, 0.29) is 11.5 Å². The smallest absolute Gasteiger partial charge is 0.335 e. The van der Waals surface area contributed by atoms with E-state index in [1.807, 2.05) is 35.2 Å². The summed E-state index contributed by atoms with van der Waals surface area (Å²) < 4.78 is 0. The summed E-state index contributed by atoms with van der Waals surface area (Å²) in [6.07, 6.45) is 1.88. The highest BCUT2D eigenvalue weighted by atomic mass is 35.5. The third-order valence-corrected chi connectivity index (χ3v) is 4.61. The monoisotopic (exact) mass is 343 g/mol. The number of aryl methyl sites for hydroxylation is 1. The molecule has 1 aliphatic heterocycles. The second kappa shape index (κ2) is 7.05. The van der Waals surface area contributed by atoms with Crippen LogP contribution >= 0.6 is 11.6 Å². The van der Waals surface area contributed by atoms with Crippen LogP contribution in [0.3, 0.4) is 0 Å². The van der Waals surface area contributed by atoms with Crippen molar-refractivity contribution in [1.29, 1.82) is 0 Å². The molecule has 0 saturated heterocycles. The second-order valence-corrected chi connectivity index (χ2v) is 6.42. The second-order valence-electron chi connectivity index (χ2n) is 5.98.